The third kappa shape index (κ3) is 5.19. The number of halogens is 3. The second kappa shape index (κ2) is 9.87. The molecule has 6 nitrogen and oxygen atoms in total. The molecule has 0 unspecified atom stereocenters. The van der Waals surface area contributed by atoms with E-state index >= 15 is 0 Å². The number of carbonyl (C=O) groups is 1. The molecule has 36 heavy (non-hydrogen) atoms. The Hall–Kier alpha value is -3.50. The predicted molar refractivity (Wildman–Crippen MR) is 129 cm³/mol. The van der Waals surface area contributed by atoms with Gasteiger partial charge in [-0.25, -0.2) is 0 Å². The summed E-state index contributed by atoms with van der Waals surface area (Å²) in [5.74, 6) is -0.669. The van der Waals surface area contributed by atoms with Crippen LogP contribution in [0.1, 0.15) is 23.3 Å². The fourth-order valence-electron chi connectivity index (χ4n) is 4.34. The Morgan fingerprint density at radius 1 is 1.06 bits per heavy atom. The van der Waals surface area contributed by atoms with E-state index in [4.69, 9.17) is 9.63 Å². The monoisotopic (exact) mass is 513 g/mol. The minimum Gasteiger partial charge on any atom is -0.481 e. The van der Waals surface area contributed by atoms with E-state index in [0.29, 0.717) is 47.7 Å². The van der Waals surface area contributed by atoms with Gasteiger partial charge in [-0.2, -0.15) is 18.2 Å². The van der Waals surface area contributed by atoms with Gasteiger partial charge in [-0.15, -0.1) is 11.3 Å². The average molecular weight is 514 g/mol. The van der Waals surface area contributed by atoms with Gasteiger partial charge in [0.25, 0.3) is 5.89 Å². The first kappa shape index (κ1) is 24.2. The van der Waals surface area contributed by atoms with Gasteiger partial charge in [0, 0.05) is 17.7 Å². The Balaban J connectivity index is 1.32. The molecule has 2 aromatic heterocycles. The smallest absolute Gasteiger partial charge is 0.426 e. The summed E-state index contributed by atoms with van der Waals surface area (Å²) in [6, 6.07) is 17.4. The third-order valence-corrected chi connectivity index (χ3v) is 7.43. The zero-order valence-electron chi connectivity index (χ0n) is 19.0. The van der Waals surface area contributed by atoms with E-state index in [-0.39, 0.29) is 22.2 Å². The van der Waals surface area contributed by atoms with Crippen LogP contribution in [0.5, 0.6) is 0 Å². The molecule has 186 valence electrons. The maximum absolute atomic E-state index is 13.7. The van der Waals surface area contributed by atoms with E-state index in [1.54, 1.807) is 30.3 Å². The summed E-state index contributed by atoms with van der Waals surface area (Å²) in [7, 11) is 0. The fourth-order valence-corrected chi connectivity index (χ4v) is 5.30. The number of rotatable bonds is 6. The molecule has 1 N–H and O–H groups in total. The van der Waals surface area contributed by atoms with Crippen LogP contribution in [0.4, 0.5) is 13.2 Å². The molecule has 0 bridgehead atoms. The Bertz CT molecular complexity index is 1340. The highest BCUT2D eigenvalue weighted by Gasteiger charge is 2.37. The minimum atomic E-state index is -4.50. The van der Waals surface area contributed by atoms with Crippen molar-refractivity contribution in [3.8, 4) is 33.3 Å². The SMILES string of the molecule is O=C(O)C1CCN(Cc2ccc(-c3noc(-c4cc(-c5ccccc5)c(C(F)(F)F)s4)n3)cc2)CC1. The predicted octanol–water partition coefficient (Wildman–Crippen LogP) is 6.45. The quantitative estimate of drug-likeness (QED) is 0.319. The van der Waals surface area contributed by atoms with Crippen molar-refractivity contribution < 1.29 is 27.6 Å². The van der Waals surface area contributed by atoms with Crippen LogP contribution in [0.3, 0.4) is 0 Å². The Morgan fingerprint density at radius 2 is 1.75 bits per heavy atom. The molecule has 1 saturated heterocycles. The number of aliphatic carboxylic acids is 1. The average Bonchev–Trinajstić information content (AvgIpc) is 3.53. The molecule has 0 saturated carbocycles. The van der Waals surface area contributed by atoms with Gasteiger partial charge in [-0.1, -0.05) is 59.8 Å². The van der Waals surface area contributed by atoms with E-state index in [1.807, 2.05) is 24.3 Å². The standard InChI is InChI=1S/C26H22F3N3O3S/c27-26(28,29)22-20(17-4-2-1-3-5-17)14-21(36-22)24-30-23(31-35-24)18-8-6-16(7-9-18)15-32-12-10-19(11-13-32)25(33)34/h1-9,14,19H,10-13,15H2,(H,33,34). The van der Waals surface area contributed by atoms with Gasteiger partial charge in [0.05, 0.1) is 10.8 Å². The number of alkyl halides is 3. The van der Waals surface area contributed by atoms with E-state index in [0.717, 1.165) is 18.7 Å². The van der Waals surface area contributed by atoms with E-state index in [1.165, 1.54) is 6.07 Å². The second-order valence-corrected chi connectivity index (χ2v) is 9.78. The summed E-state index contributed by atoms with van der Waals surface area (Å²) < 4.78 is 46.5. The lowest BCUT2D eigenvalue weighted by molar-refractivity contribution is -0.143. The van der Waals surface area contributed by atoms with Crippen molar-refractivity contribution in [3.05, 3.63) is 71.1 Å². The number of hydrogen-bond acceptors (Lipinski definition) is 6. The number of likely N-dealkylation sites (tertiary alicyclic amines) is 1. The van der Waals surface area contributed by atoms with E-state index in [2.05, 4.69) is 15.0 Å². The van der Waals surface area contributed by atoms with Gasteiger partial charge in [-0.05, 0) is 43.1 Å². The van der Waals surface area contributed by atoms with Gasteiger partial charge in [0.1, 0.15) is 4.88 Å². The molecule has 10 heteroatoms. The summed E-state index contributed by atoms with van der Waals surface area (Å²) in [6.45, 7) is 2.18. The molecule has 0 atom stereocenters. The molecular weight excluding hydrogens is 491 g/mol. The second-order valence-electron chi connectivity index (χ2n) is 8.73. The topological polar surface area (TPSA) is 79.5 Å². The molecule has 0 spiro atoms. The number of thiophene rings is 1. The van der Waals surface area contributed by atoms with Crippen LogP contribution in [0.15, 0.2) is 65.2 Å². The van der Waals surface area contributed by atoms with Crippen molar-refractivity contribution in [1.82, 2.24) is 15.0 Å². The van der Waals surface area contributed by atoms with Gasteiger partial charge in [0.15, 0.2) is 0 Å². The summed E-state index contributed by atoms with van der Waals surface area (Å²) in [4.78, 5) is 17.2. The number of benzene rings is 2. The highest BCUT2D eigenvalue weighted by atomic mass is 32.1. The largest absolute Gasteiger partial charge is 0.481 e. The maximum Gasteiger partial charge on any atom is 0.426 e. The normalized spacial score (nSPS) is 15.3. The van der Waals surface area contributed by atoms with Crippen LogP contribution in [0, 0.1) is 5.92 Å². The van der Waals surface area contributed by atoms with Gasteiger partial charge < -0.3 is 9.63 Å². The number of carboxylic acids is 1. The van der Waals surface area contributed by atoms with Crippen molar-refractivity contribution in [1.29, 1.82) is 0 Å². The molecule has 0 amide bonds. The molecule has 1 fully saturated rings. The van der Waals surface area contributed by atoms with Crippen molar-refractivity contribution in [2.24, 2.45) is 5.92 Å². The molecule has 1 aliphatic heterocycles. The van der Waals surface area contributed by atoms with Gasteiger partial charge >= 0.3 is 12.1 Å². The summed E-state index contributed by atoms with van der Waals surface area (Å²) >= 11 is 0.583. The van der Waals surface area contributed by atoms with Crippen LogP contribution < -0.4 is 0 Å². The molecule has 1 aliphatic rings. The van der Waals surface area contributed by atoms with Crippen LogP contribution in [-0.4, -0.2) is 39.2 Å². The fraction of sp³-hybridized carbons (Fsp3) is 0.269. The Kier molecular flexibility index (Phi) is 6.63. The summed E-state index contributed by atoms with van der Waals surface area (Å²) in [5.41, 5.74) is 2.31. The molecule has 0 radical (unpaired) electrons. The number of carboxylic acid groups (broad SMARTS) is 1. The first-order chi connectivity index (χ1) is 17.3. The zero-order valence-corrected chi connectivity index (χ0v) is 19.9. The van der Waals surface area contributed by atoms with Gasteiger partial charge in [0.2, 0.25) is 5.82 Å². The van der Waals surface area contributed by atoms with Crippen molar-refractivity contribution >= 4 is 17.3 Å². The zero-order chi connectivity index (χ0) is 25.3. The highest BCUT2D eigenvalue weighted by molar-refractivity contribution is 7.16. The van der Waals surface area contributed by atoms with Crippen LogP contribution in [-0.2, 0) is 17.5 Å². The van der Waals surface area contributed by atoms with Crippen LogP contribution >= 0.6 is 11.3 Å². The molecule has 3 heterocycles. The number of piperidine rings is 1. The van der Waals surface area contributed by atoms with Crippen LogP contribution in [0.2, 0.25) is 0 Å². The highest BCUT2D eigenvalue weighted by Crippen LogP contribution is 2.45. The Labute approximate surface area is 209 Å². The number of aromatic nitrogens is 2. The lowest BCUT2D eigenvalue weighted by Gasteiger charge is -2.30. The molecular formula is C26H22F3N3O3S. The summed E-state index contributed by atoms with van der Waals surface area (Å²) in [6.07, 6.45) is -3.22. The van der Waals surface area contributed by atoms with Crippen molar-refractivity contribution in [2.45, 2.75) is 25.6 Å². The first-order valence-corrected chi connectivity index (χ1v) is 12.2. The van der Waals surface area contributed by atoms with E-state index < -0.39 is 17.0 Å². The maximum atomic E-state index is 13.7. The molecule has 4 aromatic rings. The molecule has 0 aliphatic carbocycles. The molecule has 2 aromatic carbocycles. The third-order valence-electron chi connectivity index (χ3n) is 6.27. The lowest BCUT2D eigenvalue weighted by Crippen LogP contribution is -2.35. The molecule has 5 rings (SSSR count). The number of nitrogens with zero attached hydrogens (tertiary/aromatic N) is 3. The lowest BCUT2D eigenvalue weighted by atomic mass is 9.97. The first-order valence-electron chi connectivity index (χ1n) is 11.4. The minimum absolute atomic E-state index is 0.0352. The number of hydrogen-bond donors (Lipinski definition) is 1. The summed E-state index contributed by atoms with van der Waals surface area (Å²) in [5, 5.41) is 13.1. The van der Waals surface area contributed by atoms with Crippen LogP contribution in [0.25, 0.3) is 33.3 Å². The van der Waals surface area contributed by atoms with E-state index in [9.17, 15) is 18.0 Å². The van der Waals surface area contributed by atoms with Gasteiger partial charge in [-0.3, -0.25) is 9.69 Å². The van der Waals surface area contributed by atoms with Crippen molar-refractivity contribution in [2.75, 3.05) is 13.1 Å². The Morgan fingerprint density at radius 3 is 2.39 bits per heavy atom. The van der Waals surface area contributed by atoms with Crippen molar-refractivity contribution in [3.63, 3.8) is 0 Å².